The molecule has 0 saturated carbocycles. The van der Waals surface area contributed by atoms with E-state index in [9.17, 15) is 14.7 Å². The number of ether oxygens (including phenoxy) is 1. The van der Waals surface area contributed by atoms with Crippen molar-refractivity contribution >= 4 is 46.4 Å². The number of carboxylic acid groups (broad SMARTS) is 1. The Kier molecular flexibility index (Phi) is 8.63. The summed E-state index contributed by atoms with van der Waals surface area (Å²) in [7, 11) is 0. The number of carbonyl (C=O) groups is 2. The maximum atomic E-state index is 15.4. The molecular formula is C29H35FN6O4S2. The minimum absolute atomic E-state index is 0.0727. The Labute approximate surface area is 253 Å². The highest BCUT2D eigenvalue weighted by molar-refractivity contribution is 7.80. The number of aliphatic carboxylic acids is 1. The number of amidine groups is 1. The van der Waals surface area contributed by atoms with Crippen molar-refractivity contribution in [2.45, 2.75) is 39.8 Å². The number of aliphatic imine (C=N–C) groups is 1. The number of carbonyl (C=O) groups excluding carboxylic acids is 1. The third-order valence-electron chi connectivity index (χ3n) is 7.77. The second-order valence-electron chi connectivity index (χ2n) is 11.4. The summed E-state index contributed by atoms with van der Waals surface area (Å²) < 4.78 is 20.8. The third kappa shape index (κ3) is 6.04. The first-order valence-electron chi connectivity index (χ1n) is 13.9. The molecule has 10 nitrogen and oxygen atoms in total. The second kappa shape index (κ2) is 12.1. The van der Waals surface area contributed by atoms with Crippen LogP contribution in [0.25, 0.3) is 0 Å². The van der Waals surface area contributed by atoms with E-state index in [1.165, 1.54) is 17.4 Å². The molecule has 2 unspecified atom stereocenters. The number of benzene rings is 1. The normalized spacial score (nSPS) is 21.3. The number of piperazine rings is 1. The van der Waals surface area contributed by atoms with Gasteiger partial charge in [-0.1, -0.05) is 12.1 Å². The molecule has 2 aromatic rings. The number of nitrogens with zero attached hydrogens (tertiary/aromatic N) is 5. The van der Waals surface area contributed by atoms with Crippen molar-refractivity contribution in [3.8, 4) is 0 Å². The molecule has 2 saturated heterocycles. The van der Waals surface area contributed by atoms with E-state index in [-0.39, 0.29) is 18.2 Å². The Morgan fingerprint density at radius 3 is 2.74 bits per heavy atom. The monoisotopic (exact) mass is 614 g/mol. The van der Waals surface area contributed by atoms with Gasteiger partial charge < -0.3 is 25.0 Å². The fraction of sp³-hybridized carbons (Fsp3) is 0.483. The number of fused-ring (bicyclic) bond motifs is 1. The molecule has 42 heavy (non-hydrogen) atoms. The van der Waals surface area contributed by atoms with E-state index in [0.29, 0.717) is 66.5 Å². The molecule has 4 heterocycles. The summed E-state index contributed by atoms with van der Waals surface area (Å²) in [5, 5.41) is 16.1. The molecule has 0 radical (unpaired) electrons. The van der Waals surface area contributed by atoms with Crippen LogP contribution in [0.2, 0.25) is 0 Å². The molecule has 0 spiro atoms. The molecule has 13 heteroatoms. The minimum atomic E-state index is -0.935. The molecule has 2 N–H and O–H groups in total. The van der Waals surface area contributed by atoms with E-state index in [1.54, 1.807) is 39.1 Å². The molecule has 5 rings (SSSR count). The largest absolute Gasteiger partial charge is 0.481 e. The Bertz CT molecular complexity index is 1440. The van der Waals surface area contributed by atoms with Crippen LogP contribution in [0, 0.1) is 18.2 Å². The van der Waals surface area contributed by atoms with E-state index in [2.05, 4.69) is 20.1 Å². The molecule has 2 atom stereocenters. The van der Waals surface area contributed by atoms with Crippen LogP contribution in [0.4, 0.5) is 4.39 Å². The lowest BCUT2D eigenvalue weighted by Crippen LogP contribution is -2.53. The van der Waals surface area contributed by atoms with E-state index < -0.39 is 29.2 Å². The number of carboxylic acids is 1. The second-order valence-corrected chi connectivity index (χ2v) is 12.7. The Morgan fingerprint density at radius 1 is 1.29 bits per heavy atom. The first kappa shape index (κ1) is 30.1. The van der Waals surface area contributed by atoms with Crippen molar-refractivity contribution in [1.29, 1.82) is 0 Å². The first-order chi connectivity index (χ1) is 20.0. The van der Waals surface area contributed by atoms with E-state index in [4.69, 9.17) is 21.9 Å². The number of rotatable bonds is 9. The maximum Gasteiger partial charge on any atom is 0.338 e. The van der Waals surface area contributed by atoms with Gasteiger partial charge in [0.2, 0.25) is 0 Å². The molecule has 224 valence electrons. The summed E-state index contributed by atoms with van der Waals surface area (Å²) in [5.41, 5.74) is 0.990. The number of hydrogen-bond donors (Lipinski definition) is 2. The number of aromatic nitrogens is 1. The van der Waals surface area contributed by atoms with Crippen LogP contribution in [0.1, 0.15) is 42.9 Å². The van der Waals surface area contributed by atoms with Crippen LogP contribution >= 0.6 is 23.6 Å². The Balaban J connectivity index is 1.45. The van der Waals surface area contributed by atoms with Crippen LogP contribution in [-0.2, 0) is 14.3 Å². The summed E-state index contributed by atoms with van der Waals surface area (Å²) in [6.45, 7) is 10.4. The van der Waals surface area contributed by atoms with Gasteiger partial charge in [-0.15, -0.1) is 11.3 Å². The summed E-state index contributed by atoms with van der Waals surface area (Å²) >= 11 is 7.13. The van der Waals surface area contributed by atoms with Gasteiger partial charge in [-0.2, -0.15) is 0 Å². The molecular weight excluding hydrogens is 579 g/mol. The smallest absolute Gasteiger partial charge is 0.338 e. The van der Waals surface area contributed by atoms with Gasteiger partial charge in [0.05, 0.1) is 23.6 Å². The average Bonchev–Trinajstić information content (AvgIpc) is 3.57. The number of thiazole rings is 1. The number of halogens is 1. The van der Waals surface area contributed by atoms with Crippen molar-refractivity contribution in [2.24, 2.45) is 10.4 Å². The van der Waals surface area contributed by atoms with Gasteiger partial charge in [0, 0.05) is 62.1 Å². The zero-order chi connectivity index (χ0) is 30.2. The molecule has 1 aromatic carbocycles. The van der Waals surface area contributed by atoms with Gasteiger partial charge in [0.1, 0.15) is 11.9 Å². The Morgan fingerprint density at radius 2 is 2.07 bits per heavy atom. The predicted molar refractivity (Wildman–Crippen MR) is 162 cm³/mol. The number of nitrogens with one attached hydrogen (secondary N) is 1. The van der Waals surface area contributed by atoms with Gasteiger partial charge in [-0.05, 0) is 51.5 Å². The van der Waals surface area contributed by atoms with Gasteiger partial charge >= 0.3 is 11.9 Å². The van der Waals surface area contributed by atoms with E-state index in [0.717, 1.165) is 5.56 Å². The lowest BCUT2D eigenvalue weighted by atomic mass is 9.93. The molecule has 0 aliphatic carbocycles. The van der Waals surface area contributed by atoms with Gasteiger partial charge in [-0.3, -0.25) is 14.7 Å². The fourth-order valence-electron chi connectivity index (χ4n) is 5.58. The maximum absolute atomic E-state index is 15.4. The highest BCUT2D eigenvalue weighted by Crippen LogP contribution is 2.35. The molecule has 0 amide bonds. The molecule has 1 aromatic heterocycles. The third-order valence-corrected chi connectivity index (χ3v) is 9.04. The zero-order valence-corrected chi connectivity index (χ0v) is 25.7. The van der Waals surface area contributed by atoms with Crippen LogP contribution < -0.4 is 5.32 Å². The summed E-state index contributed by atoms with van der Waals surface area (Å²) in [6, 6.07) is 4.09. The van der Waals surface area contributed by atoms with E-state index in [1.807, 2.05) is 17.2 Å². The zero-order valence-electron chi connectivity index (χ0n) is 24.1. The summed E-state index contributed by atoms with van der Waals surface area (Å²) in [4.78, 5) is 40.7. The van der Waals surface area contributed by atoms with Gasteiger partial charge in [-0.25, -0.2) is 14.2 Å². The van der Waals surface area contributed by atoms with Crippen LogP contribution in [0.15, 0.2) is 46.0 Å². The topological polar surface area (TPSA) is 111 Å². The lowest BCUT2D eigenvalue weighted by Gasteiger charge is -2.38. The lowest BCUT2D eigenvalue weighted by molar-refractivity contribution is -0.147. The quantitative estimate of drug-likeness (QED) is 0.323. The van der Waals surface area contributed by atoms with Crippen molar-refractivity contribution in [3.05, 3.63) is 63.0 Å². The molecule has 3 aliphatic heterocycles. The Hall–Kier alpha value is -3.42. The number of thiocarbonyl (C=S) groups is 1. The molecule has 2 fully saturated rings. The number of aryl methyl sites for hydroxylation is 1. The highest BCUT2D eigenvalue weighted by atomic mass is 32.1. The van der Waals surface area contributed by atoms with Crippen LogP contribution in [0.5, 0.6) is 0 Å². The molecule has 0 bridgehead atoms. The van der Waals surface area contributed by atoms with Gasteiger partial charge in [0.25, 0.3) is 0 Å². The summed E-state index contributed by atoms with van der Waals surface area (Å²) in [5.74, 6) is -1.38. The van der Waals surface area contributed by atoms with Crippen molar-refractivity contribution in [2.75, 3.05) is 45.9 Å². The SMILES string of the molecule is CCOC(=O)C1=C(CN2CCN3C(=S)N(CC(C)(C)C(=O)O)CC3C2)NC(c2nccs2)=NC1c1ccc(C)cc1F. The fourth-order valence-corrected chi connectivity index (χ4v) is 6.55. The van der Waals surface area contributed by atoms with Crippen molar-refractivity contribution in [3.63, 3.8) is 0 Å². The van der Waals surface area contributed by atoms with Crippen LogP contribution in [0.3, 0.4) is 0 Å². The minimum Gasteiger partial charge on any atom is -0.481 e. The van der Waals surface area contributed by atoms with Crippen molar-refractivity contribution in [1.82, 2.24) is 25.0 Å². The van der Waals surface area contributed by atoms with E-state index >= 15 is 4.39 Å². The van der Waals surface area contributed by atoms with Crippen LogP contribution in [-0.4, -0.2) is 99.6 Å². The molecule has 3 aliphatic rings. The average molecular weight is 615 g/mol. The summed E-state index contributed by atoms with van der Waals surface area (Å²) in [6.07, 6.45) is 1.68. The highest BCUT2D eigenvalue weighted by Gasteiger charge is 2.42. The number of esters is 1. The van der Waals surface area contributed by atoms with Crippen molar-refractivity contribution < 1.29 is 23.8 Å². The predicted octanol–water partition coefficient (Wildman–Crippen LogP) is 3.20. The standard InChI is InChI=1S/C29H35FN6O4S2/c1-5-40-26(37)22-21(15-34-9-10-36-18(13-34)14-35(28(36)41)16-29(3,4)27(38)39)32-24(25-31-8-11-42-25)33-23(22)19-7-6-17(2)12-20(19)30/h6-8,11-12,18,23H,5,9-10,13-16H2,1-4H3,(H,32,33)(H,38,39). The van der Waals surface area contributed by atoms with Gasteiger partial charge in [0.15, 0.2) is 16.0 Å². The number of hydrogen-bond acceptors (Lipinski definition) is 9. The first-order valence-corrected chi connectivity index (χ1v) is 15.2.